The minimum Gasteiger partial charge on any atom is -0.456 e. The van der Waals surface area contributed by atoms with Crippen LogP contribution in [0.1, 0.15) is 0 Å². The van der Waals surface area contributed by atoms with Gasteiger partial charge in [0.1, 0.15) is 17.0 Å². The SMILES string of the molecule is c1ccc(-c2nc(-c3ccccc3)nc(-c3ccc(-n4c5ccccc5c5cc(-c6cccc7c6sc6ccc(-c8cccc(-c9nc(-c%10cccc(-n%11c%12ccccc%12c%12cc(-c%13cccc%14c%13sc%13ccccc%13%14)ccc%12%11)c%10)nc(-c%10cccc%11oc%12ccccc%12c%10%11)n9)c8)cc67)ccc54)nc3)n2)cc1. The van der Waals surface area contributed by atoms with E-state index in [9.17, 15) is 0 Å². The molecule has 0 fully saturated rings. The molecule has 498 valence electrons. The Morgan fingerprint density at radius 3 is 1.36 bits per heavy atom. The van der Waals surface area contributed by atoms with Crippen molar-refractivity contribution in [2.24, 2.45) is 0 Å². The Hall–Kier alpha value is -13.9. The van der Waals surface area contributed by atoms with Gasteiger partial charge in [0.05, 0.1) is 22.1 Å². The standard InChI is InChI=1S/C95H55N9OS2/c1-3-20-56(21-4-1)90-97-91(57-22-5-2-6-23-57)99-94(98-90)64-45-49-86(96-55-64)104-79-38-12-8-29-69(79)76-54-61(43-47-81(76)104)67-33-18-35-72-77-52-59(44-48-85(77)107-89(67)72)58-24-15-25-62(50-58)92-100-93(102-95(101-92)74-36-19-40-83-87(74)73-31-9-13-39-82(73)105-83)63-26-16-27-65(51-63)103-78-37-11-7-28-68(78)75-53-60(42-46-80(75)103)66-32-17-34-71-70-30-10-14-41-84(70)106-88(66)71/h1-55H. The Morgan fingerprint density at radius 2 is 0.682 bits per heavy atom. The van der Waals surface area contributed by atoms with Crippen LogP contribution < -0.4 is 0 Å². The summed E-state index contributed by atoms with van der Waals surface area (Å²) >= 11 is 3.70. The van der Waals surface area contributed by atoms with Gasteiger partial charge < -0.3 is 8.98 Å². The monoisotopic (exact) mass is 1400 g/mol. The number of hydrogen-bond acceptors (Lipinski definition) is 10. The first-order chi connectivity index (χ1) is 53.0. The predicted molar refractivity (Wildman–Crippen MR) is 442 cm³/mol. The van der Waals surface area contributed by atoms with Gasteiger partial charge in [0, 0.05) is 118 Å². The molecule has 0 N–H and O–H groups in total. The number of nitrogens with zero attached hydrogens (tertiary/aromatic N) is 9. The highest BCUT2D eigenvalue weighted by atomic mass is 32.1. The Kier molecular flexibility index (Phi) is 13.8. The molecule has 0 atom stereocenters. The Labute approximate surface area is 619 Å². The summed E-state index contributed by atoms with van der Waals surface area (Å²) < 4.78 is 16.2. The van der Waals surface area contributed by atoms with Crippen LogP contribution in [0.25, 0.3) is 219 Å². The van der Waals surface area contributed by atoms with Gasteiger partial charge in [0.15, 0.2) is 34.9 Å². The van der Waals surface area contributed by atoms with Crippen LogP contribution in [-0.2, 0) is 0 Å². The van der Waals surface area contributed by atoms with Gasteiger partial charge in [-0.25, -0.2) is 34.9 Å². The van der Waals surface area contributed by atoms with E-state index in [1.54, 1.807) is 0 Å². The normalized spacial score (nSPS) is 11.9. The van der Waals surface area contributed by atoms with Gasteiger partial charge in [-0.2, -0.15) is 0 Å². The number of aromatic nitrogens is 9. The molecule has 0 spiro atoms. The first-order valence-corrected chi connectivity index (χ1v) is 37.3. The van der Waals surface area contributed by atoms with Crippen LogP contribution in [0.4, 0.5) is 0 Å². The van der Waals surface area contributed by atoms with Crippen molar-refractivity contribution in [2.75, 3.05) is 0 Å². The second-order valence-corrected chi connectivity index (χ2v) is 29.2. The summed E-state index contributed by atoms with van der Waals surface area (Å²) in [6.07, 6.45) is 1.87. The maximum atomic E-state index is 6.48. The number of hydrogen-bond donors (Lipinski definition) is 0. The lowest BCUT2D eigenvalue weighted by Gasteiger charge is -2.12. The fraction of sp³-hybridized carbons (Fsp3) is 0. The number of para-hydroxylation sites is 3. The Balaban J connectivity index is 0.618. The first-order valence-electron chi connectivity index (χ1n) is 35.7. The molecule has 10 nitrogen and oxygen atoms in total. The molecule has 0 aliphatic rings. The van der Waals surface area contributed by atoms with Crippen LogP contribution in [-0.4, -0.2) is 44.0 Å². The molecular weight excluding hydrogens is 1350 g/mol. The highest BCUT2D eigenvalue weighted by Gasteiger charge is 2.24. The molecule has 14 aromatic carbocycles. The summed E-state index contributed by atoms with van der Waals surface area (Å²) in [5.41, 5.74) is 19.1. The van der Waals surface area contributed by atoms with E-state index >= 15 is 0 Å². The third kappa shape index (κ3) is 10.0. The lowest BCUT2D eigenvalue weighted by Crippen LogP contribution is -2.01. The molecular formula is C95H55N9OS2. The van der Waals surface area contributed by atoms with Crippen molar-refractivity contribution in [1.82, 2.24) is 44.0 Å². The number of furan rings is 1. The van der Waals surface area contributed by atoms with E-state index in [1.807, 2.05) is 114 Å². The lowest BCUT2D eigenvalue weighted by molar-refractivity contribution is 0.669. The van der Waals surface area contributed by atoms with Gasteiger partial charge in [0.25, 0.3) is 0 Å². The van der Waals surface area contributed by atoms with Crippen molar-refractivity contribution in [1.29, 1.82) is 0 Å². The van der Waals surface area contributed by atoms with Crippen molar-refractivity contribution in [2.45, 2.75) is 0 Å². The number of thiophene rings is 2. The number of fused-ring (bicyclic) bond motifs is 15. The van der Waals surface area contributed by atoms with Crippen molar-refractivity contribution in [3.63, 3.8) is 0 Å². The van der Waals surface area contributed by atoms with Crippen molar-refractivity contribution in [3.8, 4) is 113 Å². The summed E-state index contributed by atoms with van der Waals surface area (Å²) in [6, 6.07) is 116. The first kappa shape index (κ1) is 60.7. The van der Waals surface area contributed by atoms with Gasteiger partial charge in [-0.1, -0.05) is 231 Å². The van der Waals surface area contributed by atoms with E-state index in [-0.39, 0.29) is 0 Å². The summed E-state index contributed by atoms with van der Waals surface area (Å²) in [7, 11) is 0. The van der Waals surface area contributed by atoms with Gasteiger partial charge in [-0.05, 0) is 130 Å². The van der Waals surface area contributed by atoms with E-state index in [4.69, 9.17) is 39.3 Å². The summed E-state index contributed by atoms with van der Waals surface area (Å²) in [4.78, 5) is 36.3. The number of rotatable bonds is 11. The van der Waals surface area contributed by atoms with Crippen LogP contribution in [0.15, 0.2) is 338 Å². The second kappa shape index (κ2) is 24.4. The molecule has 0 aliphatic carbocycles. The van der Waals surface area contributed by atoms with Gasteiger partial charge in [0.2, 0.25) is 0 Å². The molecule has 0 bridgehead atoms. The third-order valence-electron chi connectivity index (χ3n) is 20.9. The maximum absolute atomic E-state index is 6.48. The fourth-order valence-electron chi connectivity index (χ4n) is 15.9. The number of pyridine rings is 1. The highest BCUT2D eigenvalue weighted by molar-refractivity contribution is 7.26. The molecule has 8 aromatic heterocycles. The average molecular weight is 1400 g/mol. The van der Waals surface area contributed by atoms with Crippen molar-refractivity contribution >= 4 is 129 Å². The van der Waals surface area contributed by atoms with Crippen molar-refractivity contribution < 1.29 is 4.42 Å². The van der Waals surface area contributed by atoms with Gasteiger partial charge >= 0.3 is 0 Å². The maximum Gasteiger partial charge on any atom is 0.165 e. The van der Waals surface area contributed by atoms with Crippen LogP contribution in [0.5, 0.6) is 0 Å². The Morgan fingerprint density at radius 1 is 0.243 bits per heavy atom. The molecule has 22 aromatic rings. The molecule has 0 amide bonds. The predicted octanol–water partition coefficient (Wildman–Crippen LogP) is 25.3. The molecule has 0 saturated carbocycles. The van der Waals surface area contributed by atoms with Crippen LogP contribution in [0, 0.1) is 0 Å². The second-order valence-electron chi connectivity index (χ2n) is 27.1. The zero-order valence-corrected chi connectivity index (χ0v) is 58.6. The summed E-state index contributed by atoms with van der Waals surface area (Å²) in [6.45, 7) is 0. The molecule has 0 radical (unpaired) electrons. The van der Waals surface area contributed by atoms with Crippen LogP contribution in [0.2, 0.25) is 0 Å². The molecule has 12 heteroatoms. The Bertz CT molecular complexity index is 7340. The van der Waals surface area contributed by atoms with Crippen molar-refractivity contribution in [3.05, 3.63) is 334 Å². The van der Waals surface area contributed by atoms with Gasteiger partial charge in [-0.3, -0.25) is 4.57 Å². The zero-order valence-electron chi connectivity index (χ0n) is 57.0. The lowest BCUT2D eigenvalue weighted by atomic mass is 9.98. The molecule has 107 heavy (non-hydrogen) atoms. The van der Waals surface area contributed by atoms with E-state index in [0.717, 1.165) is 116 Å². The smallest absolute Gasteiger partial charge is 0.165 e. The molecule has 8 heterocycles. The average Bonchev–Trinajstić information content (AvgIpc) is 1.59. The van der Waals surface area contributed by atoms with E-state index in [2.05, 4.69) is 252 Å². The third-order valence-corrected chi connectivity index (χ3v) is 23.3. The topological polar surface area (TPSA) is 113 Å². The molecule has 0 saturated heterocycles. The molecule has 0 aliphatic heterocycles. The quantitative estimate of drug-likeness (QED) is 0.126. The fourth-order valence-corrected chi connectivity index (χ4v) is 18.4. The minimum absolute atomic E-state index is 0.555. The van der Waals surface area contributed by atoms with Crippen LogP contribution >= 0.6 is 22.7 Å². The van der Waals surface area contributed by atoms with E-state index < -0.39 is 0 Å². The summed E-state index contributed by atoms with van der Waals surface area (Å²) in [5.74, 6) is 4.25. The summed E-state index contributed by atoms with van der Waals surface area (Å²) in [5, 5.41) is 11.6. The van der Waals surface area contributed by atoms with E-state index in [1.165, 1.54) is 67.8 Å². The van der Waals surface area contributed by atoms with Gasteiger partial charge in [-0.15, -0.1) is 22.7 Å². The zero-order chi connectivity index (χ0) is 70.2. The highest BCUT2D eigenvalue weighted by Crippen LogP contribution is 2.46. The molecule has 22 rings (SSSR count). The molecule has 0 unspecified atom stereocenters. The van der Waals surface area contributed by atoms with Crippen LogP contribution in [0.3, 0.4) is 0 Å². The largest absolute Gasteiger partial charge is 0.456 e. The van der Waals surface area contributed by atoms with E-state index in [0.29, 0.717) is 34.9 Å². The number of benzene rings is 14. The minimum atomic E-state index is 0.555.